The van der Waals surface area contributed by atoms with Crippen LogP contribution in [-0.4, -0.2) is 22.5 Å². The maximum atomic E-state index is 10.3. The quantitative estimate of drug-likeness (QED) is 0.141. The van der Waals surface area contributed by atoms with Crippen molar-refractivity contribution in [1.82, 2.24) is 0 Å². The molecular formula is C57H59O2P3Re+3. The Labute approximate surface area is 389 Å². The van der Waals surface area contributed by atoms with Crippen LogP contribution in [0.15, 0.2) is 231 Å². The molecule has 318 valence electrons. The molecule has 1 fully saturated rings. The number of rotatable bonds is 9. The van der Waals surface area contributed by atoms with Crippen LogP contribution in [0.3, 0.4) is 0 Å². The van der Waals surface area contributed by atoms with Gasteiger partial charge in [0.1, 0.15) is 29.1 Å². The summed E-state index contributed by atoms with van der Waals surface area (Å²) in [6.45, 7) is 2.34. The summed E-state index contributed by atoms with van der Waals surface area (Å²) < 4.78 is 3.14. The molecular weight excluding hydrogens is 996 g/mol. The van der Waals surface area contributed by atoms with Gasteiger partial charge in [0.05, 0.1) is 44.1 Å². The maximum absolute atomic E-state index is 10.3. The van der Waals surface area contributed by atoms with Crippen molar-refractivity contribution in [2.24, 2.45) is 0 Å². The van der Waals surface area contributed by atoms with E-state index in [1.807, 2.05) is 48.5 Å². The summed E-state index contributed by atoms with van der Waals surface area (Å²) in [5, 5.41) is 29.7. The zero-order valence-corrected chi connectivity index (χ0v) is 41.7. The van der Waals surface area contributed by atoms with E-state index in [0.29, 0.717) is 11.5 Å². The van der Waals surface area contributed by atoms with Crippen LogP contribution in [0.4, 0.5) is 0 Å². The number of benzene rings is 8. The Bertz CT molecular complexity index is 2440. The van der Waals surface area contributed by atoms with Crippen molar-refractivity contribution >= 4 is 60.9 Å². The number of hydrogen-bond acceptors (Lipinski definition) is 2. The molecule has 0 amide bonds. The first kappa shape index (κ1) is 47.6. The van der Waals surface area contributed by atoms with E-state index in [-0.39, 0.29) is 0 Å². The van der Waals surface area contributed by atoms with Gasteiger partial charge < -0.3 is 10.2 Å². The molecule has 0 radical (unpaired) electrons. The average Bonchev–Trinajstić information content (AvgIpc) is 3.36. The first-order valence-corrected chi connectivity index (χ1v) is 28.3. The molecule has 6 heteroatoms. The van der Waals surface area contributed by atoms with E-state index in [9.17, 15) is 10.2 Å². The summed E-state index contributed by atoms with van der Waals surface area (Å²) in [6.07, 6.45) is 7.69. The standard InChI is InChI=1S/C18H21OP.C18H15OP.C13H13P.C8H7.Re/c2*19-17-13-7-8-14-18(17)20(15-9-3-1-4-10-15)16-11-5-2-6-12-16;1-14(12-8-4-2-5-9-12)13-10-6-3-7-11-13;1-2-8-6-4-3-5-7-8;/h1,3-4,7-10,13-14,16,19H,2,5-6,11-12H2;1-14,19H;2-11H,1H3;3-7H,2H2;/p+3. The van der Waals surface area contributed by atoms with Gasteiger partial charge in [0.2, 0.25) is 0 Å². The summed E-state index contributed by atoms with van der Waals surface area (Å²) in [7, 11) is -2.58. The molecule has 8 aromatic carbocycles. The van der Waals surface area contributed by atoms with Crippen LogP contribution in [0.2, 0.25) is 0 Å². The molecule has 9 rings (SSSR count). The molecule has 0 saturated heterocycles. The fourth-order valence-corrected chi connectivity index (χ4v) is 16.2. The first-order chi connectivity index (χ1) is 31.0. The van der Waals surface area contributed by atoms with Crippen LogP contribution >= 0.6 is 23.8 Å². The Morgan fingerprint density at radius 2 is 0.778 bits per heavy atom. The SMILES string of the molecule is C[PH+](c1ccccc1)c1ccccc1.Oc1ccccc1[PH+](c1ccccc1)C1CCCCC1.Oc1ccccc1[PH+](c1ccccc1)c1ccccc1.[Re]#[C]Cc1ccccc1. The first-order valence-electron chi connectivity index (χ1n) is 21.8. The van der Waals surface area contributed by atoms with Gasteiger partial charge in [-0.15, -0.1) is 0 Å². The molecule has 0 spiro atoms. The number of aromatic hydroxyl groups is 2. The molecule has 8 aromatic rings. The molecule has 1 atom stereocenters. The van der Waals surface area contributed by atoms with E-state index in [1.54, 1.807) is 24.6 Å². The molecule has 0 bridgehead atoms. The van der Waals surface area contributed by atoms with Crippen molar-refractivity contribution in [3.8, 4) is 15.8 Å². The van der Waals surface area contributed by atoms with Gasteiger partial charge in [-0.3, -0.25) is 0 Å². The zero-order chi connectivity index (χ0) is 43.9. The van der Waals surface area contributed by atoms with Crippen LogP contribution in [0.5, 0.6) is 11.5 Å². The third kappa shape index (κ3) is 14.8. The number of para-hydroxylation sites is 2. The van der Waals surface area contributed by atoms with Crippen molar-refractivity contribution in [1.29, 1.82) is 0 Å². The normalized spacial score (nSPS) is 12.6. The second-order valence-corrected chi connectivity index (χ2v) is 24.0. The molecule has 0 aliphatic heterocycles. The molecule has 0 heterocycles. The van der Waals surface area contributed by atoms with Gasteiger partial charge >= 0.3 is 65.2 Å². The van der Waals surface area contributed by atoms with Gasteiger partial charge in [-0.2, -0.15) is 0 Å². The molecule has 2 nitrogen and oxygen atoms in total. The minimum atomic E-state index is -1.16. The molecule has 1 saturated carbocycles. The number of hydrogen-bond donors (Lipinski definition) is 2. The van der Waals surface area contributed by atoms with Gasteiger partial charge in [-0.25, -0.2) is 0 Å². The Morgan fingerprint density at radius 1 is 0.429 bits per heavy atom. The summed E-state index contributed by atoms with van der Waals surface area (Å²) in [5.41, 5.74) is 2.10. The molecule has 1 aliphatic rings. The van der Waals surface area contributed by atoms with Crippen LogP contribution in [-0.2, 0) is 25.0 Å². The number of phenols is 2. The molecule has 1 aliphatic carbocycles. The van der Waals surface area contributed by atoms with Crippen molar-refractivity contribution in [2.45, 2.75) is 44.2 Å². The molecule has 1 unspecified atom stereocenters. The van der Waals surface area contributed by atoms with E-state index in [0.717, 1.165) is 17.4 Å². The van der Waals surface area contributed by atoms with E-state index in [1.165, 1.54) is 69.5 Å². The Morgan fingerprint density at radius 3 is 1.19 bits per heavy atom. The van der Waals surface area contributed by atoms with Gasteiger partial charge in [0.25, 0.3) is 0 Å². The summed E-state index contributed by atoms with van der Waals surface area (Å²) >= 11 is 1.60. The predicted octanol–water partition coefficient (Wildman–Crippen LogP) is 11.0. The topological polar surface area (TPSA) is 40.5 Å². The third-order valence-electron chi connectivity index (χ3n) is 11.1. The predicted molar refractivity (Wildman–Crippen MR) is 278 cm³/mol. The Hall–Kier alpha value is -4.91. The van der Waals surface area contributed by atoms with Crippen LogP contribution in [0, 0.1) is 4.29 Å². The fourth-order valence-electron chi connectivity index (χ4n) is 7.91. The monoisotopic (exact) mass is 1060 g/mol. The van der Waals surface area contributed by atoms with Crippen molar-refractivity contribution in [3.05, 3.63) is 236 Å². The van der Waals surface area contributed by atoms with Crippen molar-refractivity contribution in [2.75, 3.05) is 6.66 Å². The van der Waals surface area contributed by atoms with Crippen LogP contribution < -0.4 is 37.1 Å². The number of phenolic OH excluding ortho intramolecular Hbond substituents is 2. The second-order valence-electron chi connectivity index (χ2n) is 15.4. The van der Waals surface area contributed by atoms with Gasteiger partial charge in [-0.1, -0.05) is 122 Å². The average molecular weight is 1060 g/mol. The Kier molecular flexibility index (Phi) is 20.1. The van der Waals surface area contributed by atoms with Gasteiger partial charge in [0.15, 0.2) is 11.5 Å². The van der Waals surface area contributed by atoms with E-state index in [2.05, 4.69) is 187 Å². The molecule has 0 aromatic heterocycles. The fraction of sp³-hybridized carbons (Fsp3) is 0.140. The molecule has 2 N–H and O–H groups in total. The minimum absolute atomic E-state index is 0.383. The van der Waals surface area contributed by atoms with Gasteiger partial charge in [0, 0.05) is 0 Å². The van der Waals surface area contributed by atoms with Crippen molar-refractivity contribution < 1.29 is 28.8 Å². The summed E-state index contributed by atoms with van der Waals surface area (Å²) in [6, 6.07) is 79.2. The zero-order valence-electron chi connectivity index (χ0n) is 36.0. The van der Waals surface area contributed by atoms with Crippen LogP contribution in [0.1, 0.15) is 37.7 Å². The van der Waals surface area contributed by atoms with E-state index < -0.39 is 23.8 Å². The van der Waals surface area contributed by atoms with E-state index >= 15 is 0 Å². The van der Waals surface area contributed by atoms with Gasteiger partial charge in [-0.05, 0) is 111 Å². The second kappa shape index (κ2) is 26.7. The Balaban J connectivity index is 0.000000145. The summed E-state index contributed by atoms with van der Waals surface area (Å²) in [5.74, 6) is 0.866. The van der Waals surface area contributed by atoms with E-state index in [4.69, 9.17) is 0 Å². The third-order valence-corrected chi connectivity index (χ3v) is 20.1. The van der Waals surface area contributed by atoms with Crippen molar-refractivity contribution in [3.63, 3.8) is 0 Å². The summed E-state index contributed by atoms with van der Waals surface area (Å²) in [4.78, 5) is 0. The van der Waals surface area contributed by atoms with Crippen LogP contribution in [0.25, 0.3) is 0 Å². The molecule has 63 heavy (non-hydrogen) atoms.